The average Bonchev–Trinajstić information content (AvgIpc) is 3.18. The maximum atomic E-state index is 4.46. The van der Waals surface area contributed by atoms with E-state index >= 15 is 0 Å². The summed E-state index contributed by atoms with van der Waals surface area (Å²) in [6, 6.07) is 17.4. The van der Waals surface area contributed by atoms with Gasteiger partial charge in [0.05, 0.1) is 12.6 Å². The van der Waals surface area contributed by atoms with Gasteiger partial charge in [-0.3, -0.25) is 4.90 Å². The highest BCUT2D eigenvalue weighted by molar-refractivity contribution is 5.55. The first-order valence-electron chi connectivity index (χ1n) is 10.9. The second kappa shape index (κ2) is 8.96. The van der Waals surface area contributed by atoms with E-state index in [-0.39, 0.29) is 6.04 Å². The van der Waals surface area contributed by atoms with Crippen molar-refractivity contribution in [3.63, 3.8) is 0 Å². The molecular formula is C24H32N6. The zero-order valence-corrected chi connectivity index (χ0v) is 18.5. The van der Waals surface area contributed by atoms with Crippen LogP contribution in [0.2, 0.25) is 0 Å². The van der Waals surface area contributed by atoms with E-state index in [0.29, 0.717) is 12.5 Å². The Kier molecular flexibility index (Phi) is 6.13. The number of aryl methyl sites for hydroxylation is 2. The lowest BCUT2D eigenvalue weighted by Gasteiger charge is -2.41. The van der Waals surface area contributed by atoms with Crippen molar-refractivity contribution in [1.82, 2.24) is 25.1 Å². The number of benzene rings is 2. The Bertz CT molecular complexity index is 957. The molecule has 30 heavy (non-hydrogen) atoms. The third-order valence-electron chi connectivity index (χ3n) is 6.04. The minimum absolute atomic E-state index is 0.212. The standard InChI is InChI=1S/C24H32N6/c1-18(2)23(24-25-26-27-30(24)17-21-8-6-5-7-9-21)29-14-12-28(13-15-29)22-16-19(3)10-11-20(22)4/h5-11,16,18,23H,12-15,17H2,1-4H3/t23-/m1/s1. The highest BCUT2D eigenvalue weighted by Crippen LogP contribution is 2.30. The third-order valence-corrected chi connectivity index (χ3v) is 6.04. The number of piperazine rings is 1. The van der Waals surface area contributed by atoms with Crippen molar-refractivity contribution in [2.45, 2.75) is 40.3 Å². The van der Waals surface area contributed by atoms with Crippen LogP contribution in [0.15, 0.2) is 48.5 Å². The molecule has 0 unspecified atom stereocenters. The highest BCUT2D eigenvalue weighted by atomic mass is 15.6. The molecule has 0 radical (unpaired) electrons. The van der Waals surface area contributed by atoms with Crippen LogP contribution >= 0.6 is 0 Å². The van der Waals surface area contributed by atoms with Crippen molar-refractivity contribution in [1.29, 1.82) is 0 Å². The van der Waals surface area contributed by atoms with Crippen LogP contribution in [-0.2, 0) is 6.54 Å². The smallest absolute Gasteiger partial charge is 0.169 e. The SMILES string of the molecule is Cc1ccc(C)c(N2CCN([C@@H](c3nnnn3Cc3ccccc3)C(C)C)CC2)c1. The molecule has 2 heterocycles. The molecule has 2 aromatic carbocycles. The summed E-state index contributed by atoms with van der Waals surface area (Å²) in [5.74, 6) is 1.40. The van der Waals surface area contributed by atoms with Crippen LogP contribution in [0.1, 0.15) is 42.4 Å². The second-order valence-corrected chi connectivity index (χ2v) is 8.68. The normalized spacial score (nSPS) is 16.2. The van der Waals surface area contributed by atoms with Gasteiger partial charge in [0.15, 0.2) is 5.82 Å². The largest absolute Gasteiger partial charge is 0.369 e. The molecule has 1 aliphatic heterocycles. The van der Waals surface area contributed by atoms with Crippen LogP contribution in [0, 0.1) is 19.8 Å². The zero-order valence-electron chi connectivity index (χ0n) is 18.5. The number of hydrogen-bond donors (Lipinski definition) is 0. The monoisotopic (exact) mass is 404 g/mol. The van der Waals surface area contributed by atoms with Crippen LogP contribution in [0.3, 0.4) is 0 Å². The lowest BCUT2D eigenvalue weighted by Crippen LogP contribution is -2.49. The fourth-order valence-corrected chi connectivity index (χ4v) is 4.48. The molecule has 1 saturated heterocycles. The third kappa shape index (κ3) is 4.38. The summed E-state index contributed by atoms with van der Waals surface area (Å²) in [6.07, 6.45) is 0. The molecule has 6 heteroatoms. The van der Waals surface area contributed by atoms with Gasteiger partial charge in [-0.05, 0) is 52.9 Å². The Morgan fingerprint density at radius 2 is 1.67 bits per heavy atom. The van der Waals surface area contributed by atoms with E-state index in [1.807, 2.05) is 10.7 Å². The molecule has 4 rings (SSSR count). The average molecular weight is 405 g/mol. The first-order valence-corrected chi connectivity index (χ1v) is 10.9. The molecule has 158 valence electrons. The summed E-state index contributed by atoms with van der Waals surface area (Å²) in [4.78, 5) is 5.07. The lowest BCUT2D eigenvalue weighted by atomic mass is 10.00. The van der Waals surface area contributed by atoms with Gasteiger partial charge in [0.25, 0.3) is 0 Å². The van der Waals surface area contributed by atoms with Crippen molar-refractivity contribution < 1.29 is 0 Å². The van der Waals surface area contributed by atoms with Gasteiger partial charge < -0.3 is 4.90 Å². The van der Waals surface area contributed by atoms with Gasteiger partial charge in [-0.2, -0.15) is 0 Å². The summed E-state index contributed by atoms with van der Waals surface area (Å²) >= 11 is 0. The number of nitrogens with zero attached hydrogens (tertiary/aromatic N) is 6. The van der Waals surface area contributed by atoms with Gasteiger partial charge in [0.2, 0.25) is 0 Å². The maximum absolute atomic E-state index is 4.46. The van der Waals surface area contributed by atoms with Crippen LogP contribution in [-0.4, -0.2) is 51.3 Å². The predicted octanol–water partition coefficient (Wildman–Crippen LogP) is 3.86. The second-order valence-electron chi connectivity index (χ2n) is 8.68. The topological polar surface area (TPSA) is 50.1 Å². The number of tetrazole rings is 1. The van der Waals surface area contributed by atoms with Crippen molar-refractivity contribution in [2.75, 3.05) is 31.1 Å². The summed E-state index contributed by atoms with van der Waals surface area (Å²) in [5.41, 5.74) is 5.25. The molecule has 1 aromatic heterocycles. The number of anilines is 1. The van der Waals surface area contributed by atoms with Gasteiger partial charge in [0, 0.05) is 31.9 Å². The van der Waals surface area contributed by atoms with Crippen molar-refractivity contribution in [3.05, 3.63) is 71.0 Å². The van der Waals surface area contributed by atoms with E-state index in [2.05, 4.69) is 95.5 Å². The Balaban J connectivity index is 1.50. The Morgan fingerprint density at radius 3 is 2.37 bits per heavy atom. The molecule has 0 bridgehead atoms. The first-order chi connectivity index (χ1) is 14.5. The summed E-state index contributed by atoms with van der Waals surface area (Å²) in [5, 5.41) is 12.8. The number of hydrogen-bond acceptors (Lipinski definition) is 5. The molecule has 6 nitrogen and oxygen atoms in total. The maximum Gasteiger partial charge on any atom is 0.169 e. The van der Waals surface area contributed by atoms with Crippen LogP contribution in [0.5, 0.6) is 0 Å². The Morgan fingerprint density at radius 1 is 0.933 bits per heavy atom. The van der Waals surface area contributed by atoms with Gasteiger partial charge >= 0.3 is 0 Å². The quantitative estimate of drug-likeness (QED) is 0.624. The van der Waals surface area contributed by atoms with Gasteiger partial charge in [0.1, 0.15) is 0 Å². The van der Waals surface area contributed by atoms with Crippen LogP contribution in [0.4, 0.5) is 5.69 Å². The van der Waals surface area contributed by atoms with E-state index < -0.39 is 0 Å². The fourth-order valence-electron chi connectivity index (χ4n) is 4.48. The number of rotatable bonds is 6. The van der Waals surface area contributed by atoms with Crippen molar-refractivity contribution in [3.8, 4) is 0 Å². The Labute approximate surface area is 179 Å². The minimum Gasteiger partial charge on any atom is -0.369 e. The van der Waals surface area contributed by atoms with E-state index in [1.165, 1.54) is 22.4 Å². The number of aromatic nitrogens is 4. The molecule has 0 spiro atoms. The first kappa shape index (κ1) is 20.5. The van der Waals surface area contributed by atoms with E-state index in [9.17, 15) is 0 Å². The summed E-state index contributed by atoms with van der Waals surface area (Å²) in [7, 11) is 0. The fraction of sp³-hybridized carbons (Fsp3) is 0.458. The minimum atomic E-state index is 0.212. The summed E-state index contributed by atoms with van der Waals surface area (Å²) in [6.45, 7) is 13.7. The molecule has 0 N–H and O–H groups in total. The van der Waals surface area contributed by atoms with Crippen LogP contribution < -0.4 is 4.90 Å². The van der Waals surface area contributed by atoms with E-state index in [1.54, 1.807) is 0 Å². The zero-order chi connectivity index (χ0) is 21.1. The molecule has 1 fully saturated rings. The summed E-state index contributed by atoms with van der Waals surface area (Å²) < 4.78 is 1.97. The van der Waals surface area contributed by atoms with E-state index in [0.717, 1.165) is 32.0 Å². The molecular weight excluding hydrogens is 372 g/mol. The Hall–Kier alpha value is -2.73. The van der Waals surface area contributed by atoms with E-state index in [4.69, 9.17) is 0 Å². The van der Waals surface area contributed by atoms with Gasteiger partial charge in [-0.15, -0.1) is 5.10 Å². The van der Waals surface area contributed by atoms with Crippen molar-refractivity contribution >= 4 is 5.69 Å². The van der Waals surface area contributed by atoms with Crippen molar-refractivity contribution in [2.24, 2.45) is 5.92 Å². The molecule has 0 amide bonds. The molecule has 1 aliphatic rings. The molecule has 3 aromatic rings. The van der Waals surface area contributed by atoms with Gasteiger partial charge in [-0.25, -0.2) is 4.68 Å². The molecule has 0 saturated carbocycles. The lowest BCUT2D eigenvalue weighted by molar-refractivity contribution is 0.135. The predicted molar refractivity (Wildman–Crippen MR) is 121 cm³/mol. The molecule has 1 atom stereocenters. The van der Waals surface area contributed by atoms with Crippen LogP contribution in [0.25, 0.3) is 0 Å². The van der Waals surface area contributed by atoms with Gasteiger partial charge in [-0.1, -0.05) is 56.3 Å². The highest BCUT2D eigenvalue weighted by Gasteiger charge is 2.31. The molecule has 0 aliphatic carbocycles.